The fraction of sp³-hybridized carbons (Fsp3) is 0.562. The van der Waals surface area contributed by atoms with Gasteiger partial charge in [-0.05, 0) is 19.9 Å². The number of hydrogen-bond acceptors (Lipinski definition) is 6. The molecule has 124 valence electrons. The van der Waals surface area contributed by atoms with E-state index in [1.54, 1.807) is 0 Å². The molecule has 0 spiro atoms. The second-order valence-electron chi connectivity index (χ2n) is 5.75. The Balaban J connectivity index is 1.61. The Morgan fingerprint density at radius 3 is 2.61 bits per heavy atom. The van der Waals surface area contributed by atoms with E-state index in [0.29, 0.717) is 12.5 Å². The fourth-order valence-corrected chi connectivity index (χ4v) is 2.83. The molecular formula is C16H24N6O. The largest absolute Gasteiger partial charge is 0.478 e. The minimum Gasteiger partial charge on any atom is -0.478 e. The Labute approximate surface area is 136 Å². The molecule has 1 aliphatic heterocycles. The minimum absolute atomic E-state index is 0.619. The van der Waals surface area contributed by atoms with E-state index in [9.17, 15) is 0 Å². The van der Waals surface area contributed by atoms with E-state index in [-0.39, 0.29) is 0 Å². The smallest absolute Gasteiger partial charge is 0.218 e. The Kier molecular flexibility index (Phi) is 4.76. The molecule has 0 aliphatic carbocycles. The van der Waals surface area contributed by atoms with Crippen molar-refractivity contribution < 1.29 is 4.74 Å². The molecule has 0 N–H and O–H groups in total. The maximum atomic E-state index is 5.52. The van der Waals surface area contributed by atoms with Crippen LogP contribution < -0.4 is 9.64 Å². The molecule has 0 amide bonds. The topological polar surface area (TPSA) is 59.3 Å². The van der Waals surface area contributed by atoms with Crippen LogP contribution in [0, 0.1) is 6.92 Å². The van der Waals surface area contributed by atoms with E-state index < -0.39 is 0 Å². The van der Waals surface area contributed by atoms with Crippen LogP contribution >= 0.6 is 0 Å². The summed E-state index contributed by atoms with van der Waals surface area (Å²) >= 11 is 0. The molecule has 0 saturated carbocycles. The molecule has 3 rings (SSSR count). The van der Waals surface area contributed by atoms with Crippen molar-refractivity contribution in [1.29, 1.82) is 0 Å². The van der Waals surface area contributed by atoms with E-state index in [2.05, 4.69) is 30.9 Å². The van der Waals surface area contributed by atoms with Gasteiger partial charge in [-0.25, -0.2) is 4.98 Å². The lowest BCUT2D eigenvalue weighted by atomic mass is 10.3. The summed E-state index contributed by atoms with van der Waals surface area (Å²) < 4.78 is 7.46. The molecular weight excluding hydrogens is 292 g/mol. The molecule has 3 heterocycles. The zero-order chi connectivity index (χ0) is 16.2. The zero-order valence-electron chi connectivity index (χ0n) is 14.1. The summed E-state index contributed by atoms with van der Waals surface area (Å²) in [5.41, 5.74) is 1.25. The molecule has 0 bridgehead atoms. The molecule has 7 nitrogen and oxygen atoms in total. The quantitative estimate of drug-likeness (QED) is 0.827. The van der Waals surface area contributed by atoms with Gasteiger partial charge in [0.1, 0.15) is 11.6 Å². The van der Waals surface area contributed by atoms with E-state index >= 15 is 0 Å². The molecule has 0 radical (unpaired) electrons. The van der Waals surface area contributed by atoms with Gasteiger partial charge >= 0.3 is 0 Å². The molecule has 23 heavy (non-hydrogen) atoms. The van der Waals surface area contributed by atoms with Gasteiger partial charge in [0.25, 0.3) is 0 Å². The summed E-state index contributed by atoms with van der Waals surface area (Å²) in [4.78, 5) is 13.6. The lowest BCUT2D eigenvalue weighted by molar-refractivity contribution is 0.243. The predicted molar refractivity (Wildman–Crippen MR) is 88.6 cm³/mol. The van der Waals surface area contributed by atoms with Crippen molar-refractivity contribution in [2.75, 3.05) is 37.7 Å². The van der Waals surface area contributed by atoms with Crippen molar-refractivity contribution in [3.63, 3.8) is 0 Å². The number of rotatable bonds is 5. The van der Waals surface area contributed by atoms with Crippen LogP contribution in [0.3, 0.4) is 0 Å². The van der Waals surface area contributed by atoms with Gasteiger partial charge in [0.2, 0.25) is 5.88 Å². The maximum Gasteiger partial charge on any atom is 0.218 e. The summed E-state index contributed by atoms with van der Waals surface area (Å²) in [5.74, 6) is 2.37. The maximum absolute atomic E-state index is 5.52. The van der Waals surface area contributed by atoms with Crippen LogP contribution in [0.15, 0.2) is 18.3 Å². The van der Waals surface area contributed by atoms with Gasteiger partial charge in [-0.3, -0.25) is 9.58 Å². The molecule has 1 aliphatic rings. The van der Waals surface area contributed by atoms with Crippen LogP contribution in [0.1, 0.15) is 18.4 Å². The molecule has 2 aromatic rings. The minimum atomic E-state index is 0.619. The van der Waals surface area contributed by atoms with Crippen molar-refractivity contribution in [3.05, 3.63) is 29.8 Å². The highest BCUT2D eigenvalue weighted by Gasteiger charge is 2.20. The highest BCUT2D eigenvalue weighted by atomic mass is 16.5. The van der Waals surface area contributed by atoms with Gasteiger partial charge in [0.15, 0.2) is 0 Å². The number of piperazine rings is 1. The average molecular weight is 316 g/mol. The molecule has 2 aromatic heterocycles. The van der Waals surface area contributed by atoms with Gasteiger partial charge in [-0.15, -0.1) is 0 Å². The summed E-state index contributed by atoms with van der Waals surface area (Å²) in [7, 11) is 1.99. The average Bonchev–Trinajstić information content (AvgIpc) is 2.93. The third-order valence-corrected chi connectivity index (χ3v) is 4.10. The Hall–Kier alpha value is -2.15. The van der Waals surface area contributed by atoms with Gasteiger partial charge in [-0.2, -0.15) is 10.1 Å². The van der Waals surface area contributed by atoms with Crippen LogP contribution in [0.25, 0.3) is 0 Å². The monoisotopic (exact) mass is 316 g/mol. The van der Waals surface area contributed by atoms with E-state index in [1.807, 2.05) is 37.8 Å². The zero-order valence-corrected chi connectivity index (χ0v) is 14.1. The van der Waals surface area contributed by atoms with Crippen molar-refractivity contribution >= 4 is 5.82 Å². The van der Waals surface area contributed by atoms with Gasteiger partial charge in [0.05, 0.1) is 12.3 Å². The van der Waals surface area contributed by atoms with Gasteiger partial charge in [0, 0.05) is 52.0 Å². The highest BCUT2D eigenvalue weighted by Crippen LogP contribution is 2.19. The lowest BCUT2D eigenvalue weighted by Crippen LogP contribution is -2.46. The highest BCUT2D eigenvalue weighted by molar-refractivity contribution is 5.42. The second-order valence-corrected chi connectivity index (χ2v) is 5.75. The summed E-state index contributed by atoms with van der Waals surface area (Å²) in [6, 6.07) is 4.02. The van der Waals surface area contributed by atoms with Crippen LogP contribution in [0.4, 0.5) is 5.82 Å². The van der Waals surface area contributed by atoms with Crippen molar-refractivity contribution in [3.8, 4) is 5.88 Å². The van der Waals surface area contributed by atoms with Crippen LogP contribution in [0.5, 0.6) is 5.88 Å². The Morgan fingerprint density at radius 2 is 1.96 bits per heavy atom. The number of hydrogen-bond donors (Lipinski definition) is 0. The van der Waals surface area contributed by atoms with Crippen molar-refractivity contribution in [2.24, 2.45) is 7.05 Å². The number of aromatic nitrogens is 4. The van der Waals surface area contributed by atoms with Crippen LogP contribution in [-0.4, -0.2) is 57.4 Å². The number of anilines is 1. The fourth-order valence-electron chi connectivity index (χ4n) is 2.83. The number of nitrogens with zero attached hydrogens (tertiary/aromatic N) is 6. The van der Waals surface area contributed by atoms with E-state index in [1.165, 1.54) is 5.69 Å². The summed E-state index contributed by atoms with van der Waals surface area (Å²) in [6.07, 6.45) is 1.85. The molecule has 0 aromatic carbocycles. The standard InChI is InChI=1S/C16H24N6O/c1-4-23-16-11-15(18-13(2)19-16)22-9-7-21(8-10-22)12-14-5-6-17-20(14)3/h5-6,11H,4,7-10,12H2,1-3H3. The second kappa shape index (κ2) is 6.95. The van der Waals surface area contributed by atoms with Crippen LogP contribution in [0.2, 0.25) is 0 Å². The predicted octanol–water partition coefficient (Wildman–Crippen LogP) is 1.24. The third kappa shape index (κ3) is 3.79. The third-order valence-electron chi connectivity index (χ3n) is 4.10. The SMILES string of the molecule is CCOc1cc(N2CCN(Cc3ccnn3C)CC2)nc(C)n1. The van der Waals surface area contributed by atoms with Crippen LogP contribution in [-0.2, 0) is 13.6 Å². The Bertz CT molecular complexity index is 648. The molecule has 1 saturated heterocycles. The molecule has 1 fully saturated rings. The molecule has 0 unspecified atom stereocenters. The summed E-state index contributed by atoms with van der Waals surface area (Å²) in [5, 5.41) is 4.23. The summed E-state index contributed by atoms with van der Waals surface area (Å²) in [6.45, 7) is 9.38. The Morgan fingerprint density at radius 1 is 1.17 bits per heavy atom. The first-order chi connectivity index (χ1) is 11.2. The first-order valence-corrected chi connectivity index (χ1v) is 8.08. The first-order valence-electron chi connectivity index (χ1n) is 8.08. The van der Waals surface area contributed by atoms with Crippen molar-refractivity contribution in [2.45, 2.75) is 20.4 Å². The van der Waals surface area contributed by atoms with E-state index in [4.69, 9.17) is 4.74 Å². The first kappa shape index (κ1) is 15.7. The van der Waals surface area contributed by atoms with E-state index in [0.717, 1.165) is 44.4 Å². The van der Waals surface area contributed by atoms with Crippen molar-refractivity contribution in [1.82, 2.24) is 24.6 Å². The lowest BCUT2D eigenvalue weighted by Gasteiger charge is -2.35. The normalized spacial score (nSPS) is 15.9. The number of ether oxygens (including phenoxy) is 1. The number of aryl methyl sites for hydroxylation is 2. The van der Waals surface area contributed by atoms with Gasteiger partial charge < -0.3 is 9.64 Å². The molecule has 7 heteroatoms. The molecule has 0 atom stereocenters. The van der Waals surface area contributed by atoms with Gasteiger partial charge in [-0.1, -0.05) is 0 Å².